The predicted octanol–water partition coefficient (Wildman–Crippen LogP) is 3.26. The van der Waals surface area contributed by atoms with E-state index in [0.29, 0.717) is 11.8 Å². The van der Waals surface area contributed by atoms with Gasteiger partial charge in [0, 0.05) is 5.92 Å². The molecule has 1 aliphatic rings. The van der Waals surface area contributed by atoms with Gasteiger partial charge >= 0.3 is 0 Å². The Balaban J connectivity index is 0.000000686. The summed E-state index contributed by atoms with van der Waals surface area (Å²) in [6, 6.07) is 8.60. The second kappa shape index (κ2) is 6.28. The number of hydrogen-bond acceptors (Lipinski definition) is 2. The van der Waals surface area contributed by atoms with E-state index in [-0.39, 0.29) is 5.92 Å². The molecule has 1 aliphatic carbocycles. The summed E-state index contributed by atoms with van der Waals surface area (Å²) in [6.45, 7) is 6.09. The van der Waals surface area contributed by atoms with Crippen molar-refractivity contribution >= 4 is 5.84 Å². The molecular weight excluding hydrogens is 212 g/mol. The van der Waals surface area contributed by atoms with E-state index in [1.165, 1.54) is 11.1 Å². The number of nitrogens with zero attached hydrogens (tertiary/aromatic N) is 1. The number of aryl methyl sites for hydroxylation is 1. The van der Waals surface area contributed by atoms with Gasteiger partial charge in [0.05, 0.1) is 0 Å². The molecule has 0 unspecified atom stereocenters. The van der Waals surface area contributed by atoms with Crippen LogP contribution in [0.3, 0.4) is 0 Å². The molecule has 2 rings (SSSR count). The fourth-order valence-corrected chi connectivity index (χ4v) is 2.05. The van der Waals surface area contributed by atoms with Crippen LogP contribution < -0.4 is 5.73 Å². The molecule has 3 nitrogen and oxygen atoms in total. The van der Waals surface area contributed by atoms with E-state index in [0.717, 1.165) is 12.8 Å². The monoisotopic (exact) mass is 234 g/mol. The van der Waals surface area contributed by atoms with Gasteiger partial charge in [-0.2, -0.15) is 0 Å². The van der Waals surface area contributed by atoms with Gasteiger partial charge in [0.15, 0.2) is 0 Å². The first-order valence-corrected chi connectivity index (χ1v) is 6.24. The van der Waals surface area contributed by atoms with Gasteiger partial charge in [-0.25, -0.2) is 0 Å². The molecule has 1 fully saturated rings. The second-order valence-electron chi connectivity index (χ2n) is 4.30. The third-order valence-corrected chi connectivity index (χ3v) is 3.22. The molecule has 1 aromatic carbocycles. The van der Waals surface area contributed by atoms with Gasteiger partial charge in [-0.3, -0.25) is 0 Å². The average molecular weight is 234 g/mol. The molecule has 94 valence electrons. The third-order valence-electron chi connectivity index (χ3n) is 3.22. The summed E-state index contributed by atoms with van der Waals surface area (Å²) < 4.78 is 0. The lowest BCUT2D eigenvalue weighted by Crippen LogP contribution is -2.34. The molecule has 0 aromatic heterocycles. The largest absolute Gasteiger partial charge is 0.409 e. The quantitative estimate of drug-likeness (QED) is 0.357. The number of rotatable bonds is 2. The average Bonchev–Trinajstić information content (AvgIpc) is 2.32. The van der Waals surface area contributed by atoms with Gasteiger partial charge in [-0.1, -0.05) is 48.8 Å². The Morgan fingerprint density at radius 3 is 2.24 bits per heavy atom. The summed E-state index contributed by atoms with van der Waals surface area (Å²) in [5.74, 6) is 1.22. The number of hydrogen-bond donors (Lipinski definition) is 2. The number of amidine groups is 1. The maximum absolute atomic E-state index is 8.53. The zero-order valence-electron chi connectivity index (χ0n) is 10.9. The van der Waals surface area contributed by atoms with Gasteiger partial charge in [0.1, 0.15) is 5.84 Å². The summed E-state index contributed by atoms with van der Waals surface area (Å²) in [5, 5.41) is 11.6. The lowest BCUT2D eigenvalue weighted by Gasteiger charge is -2.34. The highest BCUT2D eigenvalue weighted by molar-refractivity contribution is 5.83. The van der Waals surface area contributed by atoms with E-state index in [1.54, 1.807) is 0 Å². The van der Waals surface area contributed by atoms with Crippen LogP contribution in [0.2, 0.25) is 0 Å². The lowest BCUT2D eigenvalue weighted by molar-refractivity contribution is 0.292. The highest BCUT2D eigenvalue weighted by atomic mass is 16.4. The zero-order chi connectivity index (χ0) is 12.8. The van der Waals surface area contributed by atoms with Gasteiger partial charge < -0.3 is 10.9 Å². The summed E-state index contributed by atoms with van der Waals surface area (Å²) in [4.78, 5) is 0. The Bertz CT molecular complexity index is 364. The normalized spacial score (nSPS) is 23.4. The molecule has 1 saturated carbocycles. The minimum absolute atomic E-state index is 0.265. The van der Waals surface area contributed by atoms with Crippen LogP contribution in [-0.2, 0) is 0 Å². The Morgan fingerprint density at radius 2 is 1.76 bits per heavy atom. The molecule has 3 heteroatoms. The molecule has 3 N–H and O–H groups in total. The lowest BCUT2D eigenvalue weighted by atomic mass is 9.71. The summed E-state index contributed by atoms with van der Waals surface area (Å²) in [5.41, 5.74) is 8.19. The number of nitrogens with two attached hydrogens (primary N) is 1. The van der Waals surface area contributed by atoms with Crippen LogP contribution in [0.1, 0.15) is 43.7 Å². The van der Waals surface area contributed by atoms with Crippen LogP contribution in [0, 0.1) is 12.8 Å². The van der Waals surface area contributed by atoms with Crippen LogP contribution in [0.5, 0.6) is 0 Å². The van der Waals surface area contributed by atoms with Crippen molar-refractivity contribution in [3.8, 4) is 0 Å². The highest BCUT2D eigenvalue weighted by Gasteiger charge is 2.32. The molecule has 0 radical (unpaired) electrons. The van der Waals surface area contributed by atoms with Crippen molar-refractivity contribution in [2.75, 3.05) is 0 Å². The molecule has 0 heterocycles. The molecular formula is C14H22N2O. The maximum Gasteiger partial charge on any atom is 0.142 e. The minimum atomic E-state index is 0.265. The topological polar surface area (TPSA) is 58.6 Å². The SMILES string of the molecule is CC.Cc1ccc(C2CC(/C(N)=N/O)C2)cc1. The highest BCUT2D eigenvalue weighted by Crippen LogP contribution is 2.41. The van der Waals surface area contributed by atoms with E-state index in [2.05, 4.69) is 36.3 Å². The Morgan fingerprint density at radius 1 is 1.24 bits per heavy atom. The first-order chi connectivity index (χ1) is 8.20. The van der Waals surface area contributed by atoms with Crippen molar-refractivity contribution in [3.05, 3.63) is 35.4 Å². The standard InChI is InChI=1S/C12H16N2O.C2H6/c1-8-2-4-9(5-3-8)10-6-11(7-10)12(13)14-15;1-2/h2-5,10-11,15H,6-7H2,1H3,(H2,13,14);1-2H3. The number of benzene rings is 1. The fraction of sp³-hybridized carbons (Fsp3) is 0.500. The van der Waals surface area contributed by atoms with Gasteiger partial charge in [-0.05, 0) is 31.2 Å². The predicted molar refractivity (Wildman–Crippen MR) is 71.4 cm³/mol. The van der Waals surface area contributed by atoms with Crippen LogP contribution in [0.25, 0.3) is 0 Å². The van der Waals surface area contributed by atoms with Crippen LogP contribution >= 0.6 is 0 Å². The summed E-state index contributed by atoms with van der Waals surface area (Å²) in [7, 11) is 0. The van der Waals surface area contributed by atoms with Crippen molar-refractivity contribution in [2.24, 2.45) is 16.8 Å². The van der Waals surface area contributed by atoms with Crippen molar-refractivity contribution in [1.29, 1.82) is 0 Å². The number of oxime groups is 1. The molecule has 0 atom stereocenters. The van der Waals surface area contributed by atoms with Crippen molar-refractivity contribution < 1.29 is 5.21 Å². The molecule has 1 aromatic rings. The Hall–Kier alpha value is -1.51. The third kappa shape index (κ3) is 3.22. The van der Waals surface area contributed by atoms with E-state index in [4.69, 9.17) is 10.9 Å². The van der Waals surface area contributed by atoms with Gasteiger partial charge in [-0.15, -0.1) is 0 Å². The summed E-state index contributed by atoms with van der Waals surface area (Å²) in [6.07, 6.45) is 2.00. The smallest absolute Gasteiger partial charge is 0.142 e. The van der Waals surface area contributed by atoms with Crippen molar-refractivity contribution in [3.63, 3.8) is 0 Å². The molecule has 0 bridgehead atoms. The van der Waals surface area contributed by atoms with Crippen molar-refractivity contribution in [1.82, 2.24) is 0 Å². The molecule has 17 heavy (non-hydrogen) atoms. The Labute approximate surface area is 103 Å². The first-order valence-electron chi connectivity index (χ1n) is 6.24. The van der Waals surface area contributed by atoms with E-state index >= 15 is 0 Å². The van der Waals surface area contributed by atoms with Crippen LogP contribution in [0.4, 0.5) is 0 Å². The molecule has 0 spiro atoms. The zero-order valence-corrected chi connectivity index (χ0v) is 10.9. The minimum Gasteiger partial charge on any atom is -0.409 e. The van der Waals surface area contributed by atoms with Crippen molar-refractivity contribution in [2.45, 2.75) is 39.5 Å². The van der Waals surface area contributed by atoms with Gasteiger partial charge in [0.25, 0.3) is 0 Å². The van der Waals surface area contributed by atoms with Gasteiger partial charge in [0.2, 0.25) is 0 Å². The van der Waals surface area contributed by atoms with Crippen LogP contribution in [-0.4, -0.2) is 11.0 Å². The fourth-order valence-electron chi connectivity index (χ4n) is 2.05. The Kier molecular flexibility index (Phi) is 5.01. The molecule has 0 aliphatic heterocycles. The maximum atomic E-state index is 8.53. The molecule has 0 amide bonds. The van der Waals surface area contributed by atoms with E-state index in [1.807, 2.05) is 13.8 Å². The second-order valence-corrected chi connectivity index (χ2v) is 4.30. The molecule has 0 saturated heterocycles. The summed E-state index contributed by atoms with van der Waals surface area (Å²) >= 11 is 0. The van der Waals surface area contributed by atoms with E-state index in [9.17, 15) is 0 Å². The van der Waals surface area contributed by atoms with Crippen LogP contribution in [0.15, 0.2) is 29.4 Å². The van der Waals surface area contributed by atoms with E-state index < -0.39 is 0 Å². The first kappa shape index (κ1) is 13.6.